The molecule has 2 aliphatic carbocycles. The van der Waals surface area contributed by atoms with E-state index in [4.69, 9.17) is 0 Å². The van der Waals surface area contributed by atoms with Crippen molar-refractivity contribution >= 4 is 0 Å². The van der Waals surface area contributed by atoms with Crippen molar-refractivity contribution in [3.63, 3.8) is 0 Å². The highest BCUT2D eigenvalue weighted by molar-refractivity contribution is 5.16. The van der Waals surface area contributed by atoms with Gasteiger partial charge in [0.15, 0.2) is 0 Å². The Morgan fingerprint density at radius 2 is 1.83 bits per heavy atom. The molecule has 0 amide bonds. The predicted octanol–water partition coefficient (Wildman–Crippen LogP) is 1.86. The maximum atomic E-state index is 10.9. The van der Waals surface area contributed by atoms with E-state index in [1.807, 2.05) is 6.92 Å². The second-order valence-corrected chi connectivity index (χ2v) is 6.76. The first-order valence-electron chi connectivity index (χ1n) is 6.96. The topological polar surface area (TPSA) is 60.7 Å². The van der Waals surface area contributed by atoms with Crippen molar-refractivity contribution in [2.24, 2.45) is 17.3 Å². The van der Waals surface area contributed by atoms with Crippen molar-refractivity contribution < 1.29 is 15.3 Å². The fourth-order valence-electron chi connectivity index (χ4n) is 4.08. The van der Waals surface area contributed by atoms with Crippen LogP contribution in [0.3, 0.4) is 0 Å². The van der Waals surface area contributed by atoms with Crippen LogP contribution in [0.15, 0.2) is 12.2 Å². The summed E-state index contributed by atoms with van der Waals surface area (Å²) in [5.41, 5.74) is -0.526. The highest BCUT2D eigenvalue weighted by Gasteiger charge is 2.61. The molecule has 2 fully saturated rings. The number of fused-ring (bicyclic) bond motifs is 1. The van der Waals surface area contributed by atoms with Crippen LogP contribution in [0, 0.1) is 17.3 Å². The van der Waals surface area contributed by atoms with E-state index in [0.29, 0.717) is 18.8 Å². The zero-order chi connectivity index (χ0) is 13.7. The molecule has 3 N–H and O–H groups in total. The van der Waals surface area contributed by atoms with Crippen molar-refractivity contribution in [3.05, 3.63) is 12.2 Å². The van der Waals surface area contributed by atoms with Crippen LogP contribution in [-0.2, 0) is 0 Å². The number of hydrogen-bond acceptors (Lipinski definition) is 3. The van der Waals surface area contributed by atoms with Gasteiger partial charge in [0.2, 0.25) is 0 Å². The van der Waals surface area contributed by atoms with Gasteiger partial charge in [-0.3, -0.25) is 0 Å². The van der Waals surface area contributed by atoms with Gasteiger partial charge in [0.05, 0.1) is 17.8 Å². The Morgan fingerprint density at radius 1 is 1.22 bits per heavy atom. The molecule has 3 heteroatoms. The summed E-state index contributed by atoms with van der Waals surface area (Å²) in [6.45, 7) is 10.1. The zero-order valence-corrected chi connectivity index (χ0v) is 11.7. The Kier molecular flexibility index (Phi) is 3.37. The normalized spacial score (nSPS) is 52.8. The summed E-state index contributed by atoms with van der Waals surface area (Å²) in [4.78, 5) is 0. The molecule has 3 nitrogen and oxygen atoms in total. The van der Waals surface area contributed by atoms with E-state index in [9.17, 15) is 15.3 Å². The summed E-state index contributed by atoms with van der Waals surface area (Å²) in [6, 6.07) is 0. The molecule has 0 aromatic rings. The van der Waals surface area contributed by atoms with Crippen molar-refractivity contribution in [1.29, 1.82) is 0 Å². The standard InChI is InChI=1S/C15H26O3/c1-9(2)11-7-14(4)10(3)5-6-13(17)15(14,18)8-12(11)16/h10-13,16-18H,1,5-8H2,2-4H3/t10-,11-,12+,13+,14+,15-/m0/s1. The maximum Gasteiger partial charge on any atom is 0.0986 e. The third kappa shape index (κ3) is 1.75. The number of aliphatic hydroxyl groups is 3. The molecule has 2 aliphatic rings. The Bertz CT molecular complexity index is 354. The van der Waals surface area contributed by atoms with Crippen LogP contribution in [0.5, 0.6) is 0 Å². The van der Waals surface area contributed by atoms with Gasteiger partial charge in [0.1, 0.15) is 0 Å². The Morgan fingerprint density at radius 3 is 2.39 bits per heavy atom. The predicted molar refractivity (Wildman–Crippen MR) is 71.0 cm³/mol. The molecule has 18 heavy (non-hydrogen) atoms. The highest BCUT2D eigenvalue weighted by atomic mass is 16.3. The van der Waals surface area contributed by atoms with Gasteiger partial charge < -0.3 is 15.3 Å². The van der Waals surface area contributed by atoms with Crippen LogP contribution >= 0.6 is 0 Å². The highest BCUT2D eigenvalue weighted by Crippen LogP contribution is 2.57. The first-order chi connectivity index (χ1) is 8.22. The molecular formula is C15H26O3. The molecule has 2 rings (SSSR count). The molecular weight excluding hydrogens is 228 g/mol. The first-order valence-corrected chi connectivity index (χ1v) is 6.96. The number of aliphatic hydroxyl groups excluding tert-OH is 2. The average Bonchev–Trinajstić information content (AvgIpc) is 2.28. The Labute approximate surface area is 110 Å². The molecule has 0 unspecified atom stereocenters. The van der Waals surface area contributed by atoms with E-state index in [-0.39, 0.29) is 17.8 Å². The zero-order valence-electron chi connectivity index (χ0n) is 11.7. The fraction of sp³-hybridized carbons (Fsp3) is 0.867. The summed E-state index contributed by atoms with van der Waals surface area (Å²) in [5.74, 6) is 0.378. The van der Waals surface area contributed by atoms with Gasteiger partial charge in [-0.2, -0.15) is 0 Å². The minimum absolute atomic E-state index is 0.0306. The van der Waals surface area contributed by atoms with E-state index in [0.717, 1.165) is 12.0 Å². The monoisotopic (exact) mass is 254 g/mol. The molecule has 0 heterocycles. The molecule has 0 aliphatic heterocycles. The third-order valence-corrected chi connectivity index (χ3v) is 5.76. The molecule has 0 bridgehead atoms. The molecule has 2 saturated carbocycles. The van der Waals surface area contributed by atoms with Gasteiger partial charge in [-0.1, -0.05) is 26.0 Å². The number of rotatable bonds is 1. The second kappa shape index (κ2) is 4.32. The lowest BCUT2D eigenvalue weighted by molar-refractivity contribution is -0.240. The van der Waals surface area contributed by atoms with Gasteiger partial charge >= 0.3 is 0 Å². The SMILES string of the molecule is C=C(C)[C@@H]1C[C@]2(C)[C@@H](C)CC[C@@H](O)[C@@]2(O)C[C@H]1O. The van der Waals surface area contributed by atoms with Gasteiger partial charge in [-0.05, 0) is 32.1 Å². The molecule has 0 saturated heterocycles. The lowest BCUT2D eigenvalue weighted by Crippen LogP contribution is -2.66. The Balaban J connectivity index is 2.38. The van der Waals surface area contributed by atoms with Crippen molar-refractivity contribution in [2.75, 3.05) is 0 Å². The maximum absolute atomic E-state index is 10.9. The summed E-state index contributed by atoms with van der Waals surface area (Å²) < 4.78 is 0. The lowest BCUT2D eigenvalue weighted by atomic mass is 9.49. The van der Waals surface area contributed by atoms with Crippen LogP contribution < -0.4 is 0 Å². The summed E-state index contributed by atoms with van der Waals surface area (Å²) in [7, 11) is 0. The minimum atomic E-state index is -1.16. The second-order valence-electron chi connectivity index (χ2n) is 6.76. The van der Waals surface area contributed by atoms with Crippen molar-refractivity contribution in [3.8, 4) is 0 Å². The van der Waals surface area contributed by atoms with Crippen LogP contribution in [0.25, 0.3) is 0 Å². The number of hydrogen-bond donors (Lipinski definition) is 3. The summed E-state index contributed by atoms with van der Waals surface area (Å²) >= 11 is 0. The summed E-state index contributed by atoms with van der Waals surface area (Å²) in [6.07, 6.45) is 1.20. The quantitative estimate of drug-likeness (QED) is 0.626. The van der Waals surface area contributed by atoms with E-state index in [1.54, 1.807) is 0 Å². The average molecular weight is 254 g/mol. The molecule has 104 valence electrons. The molecule has 0 radical (unpaired) electrons. The third-order valence-electron chi connectivity index (χ3n) is 5.76. The van der Waals surface area contributed by atoms with Gasteiger partial charge in [-0.25, -0.2) is 0 Å². The van der Waals surface area contributed by atoms with Crippen LogP contribution in [0.1, 0.15) is 46.5 Å². The van der Waals surface area contributed by atoms with Gasteiger partial charge in [-0.15, -0.1) is 0 Å². The molecule has 0 aromatic carbocycles. The smallest absolute Gasteiger partial charge is 0.0986 e. The van der Waals surface area contributed by atoms with E-state index in [2.05, 4.69) is 20.4 Å². The van der Waals surface area contributed by atoms with Crippen molar-refractivity contribution in [1.82, 2.24) is 0 Å². The van der Waals surface area contributed by atoms with E-state index in [1.165, 1.54) is 0 Å². The Hall–Kier alpha value is -0.380. The van der Waals surface area contributed by atoms with Crippen LogP contribution in [0.2, 0.25) is 0 Å². The summed E-state index contributed by atoms with van der Waals surface area (Å²) in [5, 5.41) is 31.4. The molecule has 6 atom stereocenters. The largest absolute Gasteiger partial charge is 0.392 e. The molecule has 0 spiro atoms. The van der Waals surface area contributed by atoms with Crippen LogP contribution in [-0.4, -0.2) is 33.1 Å². The lowest BCUT2D eigenvalue weighted by Gasteiger charge is -2.60. The van der Waals surface area contributed by atoms with Gasteiger partial charge in [0.25, 0.3) is 0 Å². The minimum Gasteiger partial charge on any atom is -0.392 e. The van der Waals surface area contributed by atoms with E-state index >= 15 is 0 Å². The molecule has 0 aromatic heterocycles. The van der Waals surface area contributed by atoms with E-state index < -0.39 is 17.8 Å². The fourth-order valence-corrected chi connectivity index (χ4v) is 4.08. The van der Waals surface area contributed by atoms with Gasteiger partial charge in [0, 0.05) is 17.8 Å². The van der Waals surface area contributed by atoms with Crippen molar-refractivity contribution in [2.45, 2.75) is 64.3 Å². The first kappa shape index (κ1) is 14.0. The van der Waals surface area contributed by atoms with Crippen LogP contribution in [0.4, 0.5) is 0 Å².